The SMILES string of the molecule is C=CC1CCC([C@H]2[C@H](C3CCC(CCCCCCCCC)CC3)OC2(F)F)CC1. The molecule has 0 aromatic heterocycles. The lowest BCUT2D eigenvalue weighted by atomic mass is 9.66. The number of rotatable bonds is 11. The third-order valence-electron chi connectivity index (χ3n) is 8.26. The summed E-state index contributed by atoms with van der Waals surface area (Å²) in [6, 6.07) is 0. The number of ether oxygens (including phenoxy) is 1. The molecular weight excluding hydrogens is 366 g/mol. The van der Waals surface area contributed by atoms with Gasteiger partial charge in [0.1, 0.15) is 0 Å². The van der Waals surface area contributed by atoms with E-state index in [1.165, 1.54) is 64.2 Å². The van der Waals surface area contributed by atoms with E-state index in [0.29, 0.717) is 11.8 Å². The van der Waals surface area contributed by atoms with Crippen LogP contribution < -0.4 is 0 Å². The molecule has 0 radical (unpaired) electrons. The zero-order valence-electron chi connectivity index (χ0n) is 18.7. The first-order valence-electron chi connectivity index (χ1n) is 12.7. The van der Waals surface area contributed by atoms with Gasteiger partial charge < -0.3 is 4.74 Å². The van der Waals surface area contributed by atoms with Gasteiger partial charge >= 0.3 is 6.11 Å². The summed E-state index contributed by atoms with van der Waals surface area (Å²) in [7, 11) is 0. The van der Waals surface area contributed by atoms with Crippen LogP contribution in [0.3, 0.4) is 0 Å². The van der Waals surface area contributed by atoms with Crippen LogP contribution >= 0.6 is 0 Å². The monoisotopic (exact) mass is 410 g/mol. The molecule has 168 valence electrons. The highest BCUT2D eigenvalue weighted by atomic mass is 19.3. The standard InChI is InChI=1S/C26H44F2O/c1-3-5-6-7-8-9-10-11-21-14-18-23(19-15-21)25-24(26(27,28)29-25)22-16-12-20(4-2)13-17-22/h4,20-25H,2-3,5-19H2,1H3/t20?,21?,22?,23?,24-,25-/m0/s1. The number of alkyl halides is 2. The lowest BCUT2D eigenvalue weighted by Gasteiger charge is -2.53. The Hall–Kier alpha value is -0.440. The lowest BCUT2D eigenvalue weighted by Crippen LogP contribution is -2.61. The van der Waals surface area contributed by atoms with Gasteiger partial charge in [-0.15, -0.1) is 6.58 Å². The van der Waals surface area contributed by atoms with Crippen molar-refractivity contribution in [2.45, 2.75) is 122 Å². The van der Waals surface area contributed by atoms with Crippen LogP contribution in [0.2, 0.25) is 0 Å². The molecule has 1 aliphatic heterocycles. The molecule has 0 amide bonds. The van der Waals surface area contributed by atoms with Crippen molar-refractivity contribution in [3.8, 4) is 0 Å². The summed E-state index contributed by atoms with van der Waals surface area (Å²) in [6.45, 7) is 6.15. The molecule has 2 aliphatic carbocycles. The topological polar surface area (TPSA) is 9.23 Å². The molecule has 0 spiro atoms. The first kappa shape index (κ1) is 23.2. The molecule has 0 N–H and O–H groups in total. The Bertz CT molecular complexity index is 475. The van der Waals surface area contributed by atoms with Gasteiger partial charge in [-0.3, -0.25) is 0 Å². The summed E-state index contributed by atoms with van der Waals surface area (Å²) < 4.78 is 33.9. The van der Waals surface area contributed by atoms with Crippen molar-refractivity contribution in [2.24, 2.45) is 29.6 Å². The fourth-order valence-corrected chi connectivity index (χ4v) is 6.32. The molecule has 3 rings (SSSR count). The first-order valence-corrected chi connectivity index (χ1v) is 12.7. The van der Waals surface area contributed by atoms with Crippen LogP contribution in [0.4, 0.5) is 8.78 Å². The largest absolute Gasteiger partial charge is 0.361 e. The summed E-state index contributed by atoms with van der Waals surface area (Å²) in [4.78, 5) is 0. The molecule has 0 bridgehead atoms. The molecule has 2 atom stereocenters. The van der Waals surface area contributed by atoms with E-state index in [0.717, 1.165) is 44.4 Å². The number of allylic oxidation sites excluding steroid dienone is 1. The van der Waals surface area contributed by atoms with Gasteiger partial charge in [-0.05, 0) is 62.2 Å². The smallest absolute Gasteiger partial charge is 0.316 e. The minimum absolute atomic E-state index is 0.144. The summed E-state index contributed by atoms with van der Waals surface area (Å²) in [5.74, 6) is 1.33. The van der Waals surface area contributed by atoms with E-state index in [4.69, 9.17) is 4.74 Å². The van der Waals surface area contributed by atoms with Crippen molar-refractivity contribution < 1.29 is 13.5 Å². The number of hydrogen-bond donors (Lipinski definition) is 0. The zero-order valence-corrected chi connectivity index (χ0v) is 18.7. The van der Waals surface area contributed by atoms with Crippen LogP contribution in [-0.4, -0.2) is 12.2 Å². The van der Waals surface area contributed by atoms with Gasteiger partial charge in [0, 0.05) is 0 Å². The molecular formula is C26H44F2O. The molecule has 3 heteroatoms. The van der Waals surface area contributed by atoms with Crippen LogP contribution in [0.25, 0.3) is 0 Å². The highest BCUT2D eigenvalue weighted by Crippen LogP contribution is 2.55. The summed E-state index contributed by atoms with van der Waals surface area (Å²) in [5, 5.41) is 0. The van der Waals surface area contributed by atoms with Crippen molar-refractivity contribution in [1.82, 2.24) is 0 Å². The summed E-state index contributed by atoms with van der Waals surface area (Å²) in [6.07, 6.45) is 18.4. The van der Waals surface area contributed by atoms with Gasteiger partial charge in [0.2, 0.25) is 0 Å². The Balaban J connectivity index is 1.36. The fourth-order valence-electron chi connectivity index (χ4n) is 6.32. The first-order chi connectivity index (χ1) is 14.0. The minimum atomic E-state index is -2.88. The van der Waals surface area contributed by atoms with Crippen molar-refractivity contribution in [2.75, 3.05) is 0 Å². The van der Waals surface area contributed by atoms with Gasteiger partial charge in [0.15, 0.2) is 0 Å². The van der Waals surface area contributed by atoms with E-state index in [-0.39, 0.29) is 12.0 Å². The van der Waals surface area contributed by atoms with Crippen molar-refractivity contribution in [1.29, 1.82) is 0 Å². The predicted molar refractivity (Wildman–Crippen MR) is 117 cm³/mol. The molecule has 1 heterocycles. The van der Waals surface area contributed by atoms with Crippen molar-refractivity contribution in [3.05, 3.63) is 12.7 Å². The quantitative estimate of drug-likeness (QED) is 0.245. The van der Waals surface area contributed by atoms with Gasteiger partial charge in [-0.25, -0.2) is 0 Å². The molecule has 3 fully saturated rings. The number of unbranched alkanes of at least 4 members (excludes halogenated alkanes) is 6. The van der Waals surface area contributed by atoms with Crippen LogP contribution in [0.15, 0.2) is 12.7 Å². The molecule has 1 nitrogen and oxygen atoms in total. The Labute approximate surface area is 178 Å². The van der Waals surface area contributed by atoms with E-state index in [1.807, 2.05) is 6.08 Å². The van der Waals surface area contributed by atoms with Gasteiger partial charge in [0.05, 0.1) is 12.0 Å². The van der Waals surface area contributed by atoms with E-state index >= 15 is 0 Å². The van der Waals surface area contributed by atoms with Gasteiger partial charge in [0.25, 0.3) is 0 Å². The average Bonchev–Trinajstić information content (AvgIpc) is 2.73. The molecule has 0 unspecified atom stereocenters. The Kier molecular flexibility index (Phi) is 9.02. The van der Waals surface area contributed by atoms with Crippen LogP contribution in [0, 0.1) is 29.6 Å². The number of halogens is 2. The predicted octanol–water partition coefficient (Wildman–Crippen LogP) is 8.53. The van der Waals surface area contributed by atoms with Gasteiger partial charge in [-0.2, -0.15) is 8.78 Å². The van der Waals surface area contributed by atoms with E-state index in [1.54, 1.807) is 0 Å². The maximum absolute atomic E-state index is 14.3. The molecule has 0 aromatic carbocycles. The van der Waals surface area contributed by atoms with E-state index < -0.39 is 12.0 Å². The average molecular weight is 411 g/mol. The highest BCUT2D eigenvalue weighted by Gasteiger charge is 2.62. The third-order valence-corrected chi connectivity index (χ3v) is 8.26. The molecule has 29 heavy (non-hydrogen) atoms. The van der Waals surface area contributed by atoms with Crippen LogP contribution in [-0.2, 0) is 4.74 Å². The Morgan fingerprint density at radius 1 is 0.828 bits per heavy atom. The van der Waals surface area contributed by atoms with Crippen molar-refractivity contribution >= 4 is 0 Å². The minimum Gasteiger partial charge on any atom is -0.316 e. The molecule has 0 aromatic rings. The van der Waals surface area contributed by atoms with Crippen molar-refractivity contribution in [3.63, 3.8) is 0 Å². The Morgan fingerprint density at radius 3 is 2.00 bits per heavy atom. The second-order valence-corrected chi connectivity index (χ2v) is 10.3. The van der Waals surface area contributed by atoms with Crippen LogP contribution in [0.1, 0.15) is 110 Å². The normalized spacial score (nSPS) is 37.1. The third kappa shape index (κ3) is 6.28. The van der Waals surface area contributed by atoms with Crippen LogP contribution in [0.5, 0.6) is 0 Å². The number of hydrogen-bond acceptors (Lipinski definition) is 1. The molecule has 3 aliphatic rings. The molecule has 2 saturated carbocycles. The second kappa shape index (κ2) is 11.3. The lowest BCUT2D eigenvalue weighted by molar-refractivity contribution is -0.418. The summed E-state index contributed by atoms with van der Waals surface area (Å²) in [5.41, 5.74) is 0. The summed E-state index contributed by atoms with van der Waals surface area (Å²) >= 11 is 0. The molecule has 1 saturated heterocycles. The second-order valence-electron chi connectivity index (χ2n) is 10.3. The zero-order chi connectivity index (χ0) is 20.7. The van der Waals surface area contributed by atoms with E-state index in [2.05, 4.69) is 13.5 Å². The fraction of sp³-hybridized carbons (Fsp3) is 0.923. The van der Waals surface area contributed by atoms with Gasteiger partial charge in [-0.1, -0.05) is 77.2 Å². The highest BCUT2D eigenvalue weighted by molar-refractivity contribution is 4.99. The van der Waals surface area contributed by atoms with E-state index in [9.17, 15) is 8.78 Å². The Morgan fingerprint density at radius 2 is 1.41 bits per heavy atom. The maximum Gasteiger partial charge on any atom is 0.361 e. The maximum atomic E-state index is 14.3.